The molecule has 0 radical (unpaired) electrons. The highest BCUT2D eigenvalue weighted by Crippen LogP contribution is 2.16. The fourth-order valence-electron chi connectivity index (χ4n) is 2.37. The minimum atomic E-state index is -0.0240. The number of carbonyl (C=O) groups excluding carboxylic acids is 1. The maximum absolute atomic E-state index is 11.7. The molecular formula is C20H32N2O2. The van der Waals surface area contributed by atoms with Gasteiger partial charge in [-0.3, -0.25) is 4.79 Å². The van der Waals surface area contributed by atoms with Crippen LogP contribution in [-0.2, 0) is 4.79 Å². The van der Waals surface area contributed by atoms with E-state index < -0.39 is 0 Å². The molecule has 24 heavy (non-hydrogen) atoms. The largest absolute Gasteiger partial charge is 0.493 e. The van der Waals surface area contributed by atoms with E-state index in [0.717, 1.165) is 30.6 Å². The molecule has 134 valence electrons. The van der Waals surface area contributed by atoms with Gasteiger partial charge in [-0.2, -0.15) is 5.10 Å². The van der Waals surface area contributed by atoms with Crippen LogP contribution in [0.1, 0.15) is 77.2 Å². The van der Waals surface area contributed by atoms with Crippen LogP contribution in [0.3, 0.4) is 0 Å². The Hall–Kier alpha value is -1.84. The number of amides is 1. The molecule has 0 aromatic heterocycles. The second-order valence-electron chi connectivity index (χ2n) is 6.05. The fourth-order valence-corrected chi connectivity index (χ4v) is 2.37. The molecule has 0 bridgehead atoms. The van der Waals surface area contributed by atoms with E-state index in [0.29, 0.717) is 13.0 Å². The van der Waals surface area contributed by atoms with E-state index in [2.05, 4.69) is 24.4 Å². The average molecular weight is 332 g/mol. The number of nitrogens with one attached hydrogen (secondary N) is 1. The van der Waals surface area contributed by atoms with Crippen molar-refractivity contribution >= 4 is 12.1 Å². The minimum Gasteiger partial charge on any atom is -0.493 e. The van der Waals surface area contributed by atoms with Gasteiger partial charge in [0.05, 0.1) is 12.8 Å². The first-order valence-electron chi connectivity index (χ1n) is 9.31. The third-order valence-corrected chi connectivity index (χ3v) is 3.82. The number of rotatable bonds is 13. The number of hydrazone groups is 1. The summed E-state index contributed by atoms with van der Waals surface area (Å²) in [5.74, 6) is 0.787. The third-order valence-electron chi connectivity index (χ3n) is 3.82. The first-order chi connectivity index (χ1) is 11.8. The van der Waals surface area contributed by atoms with Crippen LogP contribution in [0.4, 0.5) is 0 Å². The van der Waals surface area contributed by atoms with Crippen molar-refractivity contribution in [3.05, 3.63) is 29.8 Å². The van der Waals surface area contributed by atoms with E-state index in [1.807, 2.05) is 24.3 Å². The van der Waals surface area contributed by atoms with E-state index in [-0.39, 0.29) is 5.91 Å². The summed E-state index contributed by atoms with van der Waals surface area (Å²) in [6.45, 7) is 5.07. The Morgan fingerprint density at radius 3 is 2.54 bits per heavy atom. The molecule has 4 nitrogen and oxygen atoms in total. The summed E-state index contributed by atoms with van der Waals surface area (Å²) in [6.07, 6.45) is 11.3. The lowest BCUT2D eigenvalue weighted by molar-refractivity contribution is -0.121. The number of carbonyl (C=O) groups is 1. The SMILES string of the molecule is CCCCCCCC(=O)NN=Cc1ccccc1OCCCCC. The Bertz CT molecular complexity index is 486. The highest BCUT2D eigenvalue weighted by atomic mass is 16.5. The fraction of sp³-hybridized carbons (Fsp3) is 0.600. The standard InChI is InChI=1S/C20H32N2O2/c1-3-5-7-8-9-15-20(23)22-21-17-18-13-10-11-14-19(18)24-16-12-6-4-2/h10-11,13-14,17H,3-9,12,15-16H2,1-2H3,(H,22,23). The molecule has 1 aromatic carbocycles. The number of benzene rings is 1. The normalized spacial score (nSPS) is 10.9. The Morgan fingerprint density at radius 2 is 1.75 bits per heavy atom. The van der Waals surface area contributed by atoms with Gasteiger partial charge in [0.2, 0.25) is 5.91 Å². The van der Waals surface area contributed by atoms with Crippen molar-refractivity contribution in [3.63, 3.8) is 0 Å². The molecule has 1 N–H and O–H groups in total. The highest BCUT2D eigenvalue weighted by molar-refractivity contribution is 5.85. The van der Waals surface area contributed by atoms with Crippen molar-refractivity contribution in [1.29, 1.82) is 0 Å². The Kier molecular flexibility index (Phi) is 11.4. The number of hydrogen-bond acceptors (Lipinski definition) is 3. The molecule has 1 amide bonds. The van der Waals surface area contributed by atoms with Gasteiger partial charge in [0.25, 0.3) is 0 Å². The lowest BCUT2D eigenvalue weighted by Crippen LogP contribution is -2.17. The van der Waals surface area contributed by atoms with Crippen LogP contribution in [0.5, 0.6) is 5.75 Å². The van der Waals surface area contributed by atoms with Gasteiger partial charge in [0.1, 0.15) is 5.75 Å². The molecule has 1 aromatic rings. The summed E-state index contributed by atoms with van der Waals surface area (Å²) < 4.78 is 5.80. The molecule has 0 heterocycles. The number of unbranched alkanes of at least 4 members (excludes halogenated alkanes) is 6. The molecule has 0 aliphatic carbocycles. The minimum absolute atomic E-state index is 0.0240. The predicted molar refractivity (Wildman–Crippen MR) is 101 cm³/mol. The summed E-state index contributed by atoms with van der Waals surface area (Å²) in [5.41, 5.74) is 3.49. The summed E-state index contributed by atoms with van der Waals surface area (Å²) in [7, 11) is 0. The molecule has 0 fully saturated rings. The van der Waals surface area contributed by atoms with Gasteiger partial charge < -0.3 is 4.74 Å². The van der Waals surface area contributed by atoms with Crippen molar-refractivity contribution < 1.29 is 9.53 Å². The Balaban J connectivity index is 2.34. The smallest absolute Gasteiger partial charge is 0.240 e. The Morgan fingerprint density at radius 1 is 1.04 bits per heavy atom. The Labute approximate surface area is 146 Å². The van der Waals surface area contributed by atoms with E-state index in [1.54, 1.807) is 6.21 Å². The second kappa shape index (κ2) is 13.6. The van der Waals surface area contributed by atoms with Crippen molar-refractivity contribution in [2.45, 2.75) is 71.6 Å². The molecule has 0 atom stereocenters. The molecule has 0 spiro atoms. The zero-order valence-corrected chi connectivity index (χ0v) is 15.2. The van der Waals surface area contributed by atoms with Crippen LogP contribution >= 0.6 is 0 Å². The zero-order chi connectivity index (χ0) is 17.5. The predicted octanol–water partition coefficient (Wildman–Crippen LogP) is 5.07. The topological polar surface area (TPSA) is 50.7 Å². The number of hydrogen-bond donors (Lipinski definition) is 1. The lowest BCUT2D eigenvalue weighted by atomic mass is 10.1. The van der Waals surface area contributed by atoms with Crippen LogP contribution in [0.2, 0.25) is 0 Å². The quantitative estimate of drug-likeness (QED) is 0.311. The maximum Gasteiger partial charge on any atom is 0.240 e. The molecule has 4 heteroatoms. The van der Waals surface area contributed by atoms with Crippen molar-refractivity contribution in [2.75, 3.05) is 6.61 Å². The van der Waals surface area contributed by atoms with Gasteiger partial charge >= 0.3 is 0 Å². The van der Waals surface area contributed by atoms with E-state index in [9.17, 15) is 4.79 Å². The molecule has 0 aliphatic heterocycles. The summed E-state index contributed by atoms with van der Waals surface area (Å²) >= 11 is 0. The summed E-state index contributed by atoms with van der Waals surface area (Å²) in [6, 6.07) is 7.76. The maximum atomic E-state index is 11.7. The zero-order valence-electron chi connectivity index (χ0n) is 15.2. The molecule has 0 saturated carbocycles. The van der Waals surface area contributed by atoms with Crippen molar-refractivity contribution in [2.24, 2.45) is 5.10 Å². The van der Waals surface area contributed by atoms with Gasteiger partial charge in [-0.05, 0) is 25.0 Å². The second-order valence-corrected chi connectivity index (χ2v) is 6.05. The van der Waals surface area contributed by atoms with Crippen LogP contribution < -0.4 is 10.2 Å². The van der Waals surface area contributed by atoms with Crippen LogP contribution in [0.15, 0.2) is 29.4 Å². The van der Waals surface area contributed by atoms with E-state index >= 15 is 0 Å². The van der Waals surface area contributed by atoms with Gasteiger partial charge in [0.15, 0.2) is 0 Å². The van der Waals surface area contributed by atoms with Crippen LogP contribution in [0, 0.1) is 0 Å². The first kappa shape index (κ1) is 20.2. The highest BCUT2D eigenvalue weighted by Gasteiger charge is 2.02. The molecule has 0 saturated heterocycles. The lowest BCUT2D eigenvalue weighted by Gasteiger charge is -2.08. The summed E-state index contributed by atoms with van der Waals surface area (Å²) in [4.78, 5) is 11.7. The average Bonchev–Trinajstić information content (AvgIpc) is 2.60. The molecule has 0 unspecified atom stereocenters. The van der Waals surface area contributed by atoms with Gasteiger partial charge in [-0.15, -0.1) is 0 Å². The first-order valence-corrected chi connectivity index (χ1v) is 9.31. The number of nitrogens with zero attached hydrogens (tertiary/aromatic N) is 1. The number of ether oxygens (including phenoxy) is 1. The molecular weight excluding hydrogens is 300 g/mol. The van der Waals surface area contributed by atoms with Gasteiger partial charge in [-0.25, -0.2) is 5.43 Å². The van der Waals surface area contributed by atoms with Crippen LogP contribution in [0.25, 0.3) is 0 Å². The van der Waals surface area contributed by atoms with Crippen LogP contribution in [-0.4, -0.2) is 18.7 Å². The summed E-state index contributed by atoms with van der Waals surface area (Å²) in [5, 5.41) is 4.06. The number of para-hydroxylation sites is 1. The molecule has 0 aliphatic rings. The monoisotopic (exact) mass is 332 g/mol. The molecule has 1 rings (SSSR count). The third kappa shape index (κ3) is 9.33. The van der Waals surface area contributed by atoms with Crippen molar-refractivity contribution in [1.82, 2.24) is 5.43 Å². The van der Waals surface area contributed by atoms with E-state index in [1.165, 1.54) is 32.1 Å². The van der Waals surface area contributed by atoms with Crippen molar-refractivity contribution in [3.8, 4) is 5.75 Å². The van der Waals surface area contributed by atoms with Gasteiger partial charge in [0, 0.05) is 12.0 Å². The van der Waals surface area contributed by atoms with Gasteiger partial charge in [-0.1, -0.05) is 64.5 Å². The van der Waals surface area contributed by atoms with E-state index in [4.69, 9.17) is 4.74 Å².